The summed E-state index contributed by atoms with van der Waals surface area (Å²) in [7, 11) is 1.64. The minimum Gasteiger partial charge on any atom is -0.434 e. The van der Waals surface area contributed by atoms with Gasteiger partial charge in [-0.3, -0.25) is 13.9 Å². The molecule has 0 radical (unpaired) electrons. The lowest BCUT2D eigenvalue weighted by atomic mass is 10.0. The Morgan fingerprint density at radius 3 is 2.43 bits per heavy atom. The van der Waals surface area contributed by atoms with Gasteiger partial charge in [0.2, 0.25) is 5.91 Å². The van der Waals surface area contributed by atoms with Crippen LogP contribution in [0.5, 0.6) is 5.75 Å². The number of nitrogens with zero attached hydrogens (tertiary/aromatic N) is 2. The maximum atomic E-state index is 12.7. The number of alkyl halides is 2. The van der Waals surface area contributed by atoms with Crippen LogP contribution in [0.15, 0.2) is 53.3 Å². The van der Waals surface area contributed by atoms with Crippen molar-refractivity contribution in [3.63, 3.8) is 0 Å². The highest BCUT2D eigenvalue weighted by atomic mass is 19.3. The van der Waals surface area contributed by atoms with Crippen molar-refractivity contribution in [2.24, 2.45) is 7.05 Å². The van der Waals surface area contributed by atoms with E-state index in [1.807, 2.05) is 13.0 Å². The smallest absolute Gasteiger partial charge is 0.387 e. The number of carbonyl (C=O) groups excluding carboxylic acids is 1. The fraction of sp³-hybridized carbons (Fsp3) is 0.300. The first-order chi connectivity index (χ1) is 13.4. The van der Waals surface area contributed by atoms with E-state index in [4.69, 9.17) is 0 Å². The largest absolute Gasteiger partial charge is 0.434 e. The zero-order valence-corrected chi connectivity index (χ0v) is 15.6. The van der Waals surface area contributed by atoms with E-state index in [0.29, 0.717) is 17.5 Å². The summed E-state index contributed by atoms with van der Waals surface area (Å²) in [6.07, 6.45) is 0.472. The van der Waals surface area contributed by atoms with Gasteiger partial charge >= 0.3 is 12.3 Å². The van der Waals surface area contributed by atoms with Gasteiger partial charge in [-0.15, -0.1) is 0 Å². The monoisotopic (exact) mass is 389 g/mol. The summed E-state index contributed by atoms with van der Waals surface area (Å²) in [5.74, 6) is -0.371. The van der Waals surface area contributed by atoms with E-state index in [9.17, 15) is 18.4 Å². The van der Waals surface area contributed by atoms with Gasteiger partial charge in [-0.25, -0.2) is 4.79 Å². The van der Waals surface area contributed by atoms with Crippen LogP contribution >= 0.6 is 0 Å². The molecular weight excluding hydrogens is 368 g/mol. The molecule has 8 heteroatoms. The van der Waals surface area contributed by atoms with Gasteiger partial charge in [0, 0.05) is 12.6 Å². The molecule has 148 valence electrons. The van der Waals surface area contributed by atoms with Crippen molar-refractivity contribution in [1.29, 1.82) is 0 Å². The minimum absolute atomic E-state index is 0.0203. The molecule has 0 aliphatic heterocycles. The Hall–Kier alpha value is -3.16. The number of hydrogen-bond acceptors (Lipinski definition) is 3. The van der Waals surface area contributed by atoms with E-state index in [-0.39, 0.29) is 18.0 Å². The van der Waals surface area contributed by atoms with Gasteiger partial charge in [0.1, 0.15) is 12.3 Å². The van der Waals surface area contributed by atoms with Crippen molar-refractivity contribution in [2.45, 2.75) is 32.5 Å². The van der Waals surface area contributed by atoms with Gasteiger partial charge in [-0.2, -0.15) is 8.78 Å². The predicted molar refractivity (Wildman–Crippen MR) is 101 cm³/mol. The Morgan fingerprint density at radius 1 is 1.11 bits per heavy atom. The average Bonchev–Trinajstić information content (AvgIpc) is 2.91. The molecule has 3 aromatic rings. The van der Waals surface area contributed by atoms with E-state index in [2.05, 4.69) is 10.1 Å². The van der Waals surface area contributed by atoms with Crippen molar-refractivity contribution < 1.29 is 18.3 Å². The van der Waals surface area contributed by atoms with Gasteiger partial charge in [-0.1, -0.05) is 37.3 Å². The standard InChI is InChI=1S/C20H21F2N3O3/c1-3-14(13-8-4-7-11-17(13)28-19(21)22)23-18(26)12-25-16-10-6-5-9-15(16)24(2)20(25)27/h4-11,14,19H,3,12H2,1-2H3,(H,23,26). The lowest BCUT2D eigenvalue weighted by molar-refractivity contribution is -0.122. The molecule has 28 heavy (non-hydrogen) atoms. The van der Waals surface area contributed by atoms with E-state index in [0.717, 1.165) is 5.52 Å². The average molecular weight is 389 g/mol. The summed E-state index contributed by atoms with van der Waals surface area (Å²) in [6, 6.07) is 13.0. The number of halogens is 2. The van der Waals surface area contributed by atoms with Gasteiger partial charge in [-0.05, 0) is 24.6 Å². The van der Waals surface area contributed by atoms with Crippen LogP contribution in [0.4, 0.5) is 8.78 Å². The SMILES string of the molecule is CCC(NC(=O)Cn1c(=O)n(C)c2ccccc21)c1ccccc1OC(F)F. The van der Waals surface area contributed by atoms with Crippen molar-refractivity contribution in [1.82, 2.24) is 14.5 Å². The maximum absolute atomic E-state index is 12.7. The molecule has 0 aliphatic rings. The molecule has 1 aromatic heterocycles. The first-order valence-electron chi connectivity index (χ1n) is 8.89. The first-order valence-corrected chi connectivity index (χ1v) is 8.89. The quantitative estimate of drug-likeness (QED) is 0.675. The minimum atomic E-state index is -2.95. The number of hydrogen-bond donors (Lipinski definition) is 1. The van der Waals surface area contributed by atoms with Crippen molar-refractivity contribution >= 4 is 16.9 Å². The summed E-state index contributed by atoms with van der Waals surface area (Å²) in [5.41, 5.74) is 1.54. The fourth-order valence-corrected chi connectivity index (χ4v) is 3.27. The van der Waals surface area contributed by atoms with Crippen molar-refractivity contribution in [3.05, 3.63) is 64.6 Å². The number of aryl methyl sites for hydroxylation is 1. The molecule has 6 nitrogen and oxygen atoms in total. The lowest BCUT2D eigenvalue weighted by Gasteiger charge is -2.20. The number of nitrogens with one attached hydrogen (secondary N) is 1. The van der Waals surface area contributed by atoms with Gasteiger partial charge < -0.3 is 10.1 Å². The number of amides is 1. The van der Waals surface area contributed by atoms with Gasteiger partial charge in [0.15, 0.2) is 0 Å². The van der Waals surface area contributed by atoms with Crippen molar-refractivity contribution in [3.8, 4) is 5.75 Å². The molecule has 0 aliphatic carbocycles. The van der Waals surface area contributed by atoms with E-state index in [1.165, 1.54) is 15.2 Å². The van der Waals surface area contributed by atoms with Gasteiger partial charge in [0.05, 0.1) is 17.1 Å². The Kier molecular flexibility index (Phi) is 5.77. The summed E-state index contributed by atoms with van der Waals surface area (Å²) < 4.78 is 32.8. The van der Waals surface area contributed by atoms with Crippen LogP contribution in [0.25, 0.3) is 11.0 Å². The summed E-state index contributed by atoms with van der Waals surface area (Å²) in [6.45, 7) is -1.30. The number of carbonyl (C=O) groups is 1. The number of ether oxygens (including phenoxy) is 1. The third kappa shape index (κ3) is 3.90. The summed E-state index contributed by atoms with van der Waals surface area (Å²) in [4.78, 5) is 25.1. The maximum Gasteiger partial charge on any atom is 0.387 e. The number of benzene rings is 2. The number of aromatic nitrogens is 2. The highest BCUT2D eigenvalue weighted by Gasteiger charge is 2.20. The van der Waals surface area contributed by atoms with Crippen LogP contribution in [-0.2, 0) is 18.4 Å². The predicted octanol–water partition coefficient (Wildman–Crippen LogP) is 3.21. The van der Waals surface area contributed by atoms with Crippen LogP contribution in [-0.4, -0.2) is 21.7 Å². The molecule has 1 N–H and O–H groups in total. The Balaban J connectivity index is 1.83. The van der Waals surface area contributed by atoms with Crippen LogP contribution in [0.2, 0.25) is 0 Å². The molecule has 1 atom stereocenters. The molecule has 0 fully saturated rings. The van der Waals surface area contributed by atoms with Crippen LogP contribution in [0.3, 0.4) is 0 Å². The Bertz CT molecular complexity index is 1040. The zero-order valence-electron chi connectivity index (χ0n) is 15.6. The number of imidazole rings is 1. The third-order valence-electron chi connectivity index (χ3n) is 4.61. The Morgan fingerprint density at radius 2 is 1.75 bits per heavy atom. The van der Waals surface area contributed by atoms with Crippen LogP contribution in [0.1, 0.15) is 24.9 Å². The normalized spacial score (nSPS) is 12.3. The van der Waals surface area contributed by atoms with E-state index >= 15 is 0 Å². The highest BCUT2D eigenvalue weighted by molar-refractivity contribution is 5.81. The van der Waals surface area contributed by atoms with E-state index in [1.54, 1.807) is 43.4 Å². The number of para-hydroxylation sites is 3. The fourth-order valence-electron chi connectivity index (χ4n) is 3.27. The van der Waals surface area contributed by atoms with Crippen LogP contribution < -0.4 is 15.7 Å². The van der Waals surface area contributed by atoms with Crippen molar-refractivity contribution in [2.75, 3.05) is 0 Å². The number of fused-ring (bicyclic) bond motifs is 1. The molecule has 0 spiro atoms. The first kappa shape index (κ1) is 19.6. The third-order valence-corrected chi connectivity index (χ3v) is 4.61. The van der Waals surface area contributed by atoms with E-state index < -0.39 is 18.6 Å². The molecule has 0 saturated heterocycles. The molecule has 1 unspecified atom stereocenters. The Labute approximate surface area is 160 Å². The second-order valence-electron chi connectivity index (χ2n) is 6.36. The molecular formula is C20H21F2N3O3. The second kappa shape index (κ2) is 8.24. The summed E-state index contributed by atoms with van der Waals surface area (Å²) >= 11 is 0. The summed E-state index contributed by atoms with van der Waals surface area (Å²) in [5, 5.41) is 2.81. The molecule has 3 rings (SSSR count). The number of rotatable bonds is 7. The molecule has 2 aromatic carbocycles. The molecule has 0 bridgehead atoms. The molecule has 0 saturated carbocycles. The topological polar surface area (TPSA) is 65.3 Å². The van der Waals surface area contributed by atoms with Gasteiger partial charge in [0.25, 0.3) is 0 Å². The highest BCUT2D eigenvalue weighted by Crippen LogP contribution is 2.28. The van der Waals surface area contributed by atoms with Crippen LogP contribution in [0, 0.1) is 0 Å². The molecule has 1 heterocycles. The lowest BCUT2D eigenvalue weighted by Crippen LogP contribution is -2.35. The zero-order chi connectivity index (χ0) is 20.3. The second-order valence-corrected chi connectivity index (χ2v) is 6.36. The molecule has 1 amide bonds.